The van der Waals surface area contributed by atoms with Gasteiger partial charge in [0.05, 0.1) is 19.4 Å². The lowest BCUT2D eigenvalue weighted by atomic mass is 10.3. The Bertz CT molecular complexity index is 534. The van der Waals surface area contributed by atoms with Crippen molar-refractivity contribution in [2.75, 3.05) is 30.9 Å². The fourth-order valence-corrected chi connectivity index (χ4v) is 1.59. The van der Waals surface area contributed by atoms with Crippen LogP contribution < -0.4 is 15.4 Å². The molecule has 2 rings (SSSR count). The van der Waals surface area contributed by atoms with Crippen LogP contribution in [0, 0.1) is 0 Å². The minimum absolute atomic E-state index is 0.0548. The Morgan fingerprint density at radius 3 is 2.79 bits per heavy atom. The summed E-state index contributed by atoms with van der Waals surface area (Å²) in [6.45, 7) is 0.504. The van der Waals surface area contributed by atoms with Gasteiger partial charge in [0.1, 0.15) is 23.7 Å². The first kappa shape index (κ1) is 13.1. The van der Waals surface area contributed by atoms with Gasteiger partial charge in [-0.3, -0.25) is 0 Å². The minimum Gasteiger partial charge on any atom is -0.495 e. The molecule has 0 atom stereocenters. The Kier molecular flexibility index (Phi) is 4.52. The molecule has 19 heavy (non-hydrogen) atoms. The van der Waals surface area contributed by atoms with E-state index in [1.54, 1.807) is 13.2 Å². The molecular weight excluding hydrogens is 244 g/mol. The Labute approximate surface area is 111 Å². The van der Waals surface area contributed by atoms with Crippen molar-refractivity contribution in [3.8, 4) is 5.75 Å². The van der Waals surface area contributed by atoms with Gasteiger partial charge in [-0.2, -0.15) is 0 Å². The first-order chi connectivity index (χ1) is 9.33. The van der Waals surface area contributed by atoms with Crippen LogP contribution in [0.2, 0.25) is 0 Å². The molecule has 0 fully saturated rings. The van der Waals surface area contributed by atoms with Crippen molar-refractivity contribution in [1.82, 2.24) is 9.97 Å². The molecule has 0 saturated carbocycles. The number of para-hydroxylation sites is 2. The van der Waals surface area contributed by atoms with Gasteiger partial charge in [-0.05, 0) is 12.1 Å². The Morgan fingerprint density at radius 2 is 2.00 bits per heavy atom. The van der Waals surface area contributed by atoms with Crippen LogP contribution in [0.5, 0.6) is 5.75 Å². The highest BCUT2D eigenvalue weighted by atomic mass is 16.5. The average Bonchev–Trinajstić information content (AvgIpc) is 2.46. The zero-order valence-corrected chi connectivity index (χ0v) is 10.6. The van der Waals surface area contributed by atoms with Crippen molar-refractivity contribution in [2.45, 2.75) is 0 Å². The van der Waals surface area contributed by atoms with Crippen LogP contribution in [-0.4, -0.2) is 35.3 Å². The van der Waals surface area contributed by atoms with Crippen molar-refractivity contribution in [3.05, 3.63) is 36.7 Å². The summed E-state index contributed by atoms with van der Waals surface area (Å²) >= 11 is 0. The molecule has 2 aromatic rings. The molecular formula is C13H16N4O2. The van der Waals surface area contributed by atoms with Gasteiger partial charge in [0.25, 0.3) is 0 Å². The highest BCUT2D eigenvalue weighted by Crippen LogP contribution is 2.26. The molecule has 0 saturated heterocycles. The number of benzene rings is 1. The number of hydrogen-bond donors (Lipinski definition) is 3. The second kappa shape index (κ2) is 6.55. The zero-order valence-electron chi connectivity index (χ0n) is 10.6. The number of aromatic nitrogens is 2. The lowest BCUT2D eigenvalue weighted by Crippen LogP contribution is -2.07. The number of nitrogens with one attached hydrogen (secondary N) is 2. The second-order valence-electron chi connectivity index (χ2n) is 3.76. The van der Waals surface area contributed by atoms with Gasteiger partial charge in [-0.15, -0.1) is 0 Å². The molecule has 1 aromatic carbocycles. The van der Waals surface area contributed by atoms with Crippen molar-refractivity contribution < 1.29 is 9.84 Å². The molecule has 100 valence electrons. The predicted octanol–water partition coefficient (Wildman–Crippen LogP) is 1.63. The summed E-state index contributed by atoms with van der Waals surface area (Å²) in [6.07, 6.45) is 1.46. The quantitative estimate of drug-likeness (QED) is 0.732. The van der Waals surface area contributed by atoms with Crippen molar-refractivity contribution >= 4 is 17.3 Å². The number of hydrogen-bond acceptors (Lipinski definition) is 6. The third kappa shape index (κ3) is 3.56. The highest BCUT2D eigenvalue weighted by molar-refractivity contribution is 5.65. The predicted molar refractivity (Wildman–Crippen MR) is 73.9 cm³/mol. The Hall–Kier alpha value is -2.34. The smallest absolute Gasteiger partial charge is 0.142 e. The number of aliphatic hydroxyl groups is 1. The van der Waals surface area contributed by atoms with Crippen molar-refractivity contribution in [1.29, 1.82) is 0 Å². The molecule has 0 aliphatic rings. The van der Waals surface area contributed by atoms with E-state index in [0.717, 1.165) is 11.4 Å². The normalized spacial score (nSPS) is 10.0. The van der Waals surface area contributed by atoms with Crippen molar-refractivity contribution in [2.24, 2.45) is 0 Å². The van der Waals surface area contributed by atoms with Crippen LogP contribution >= 0.6 is 0 Å². The van der Waals surface area contributed by atoms with E-state index >= 15 is 0 Å². The van der Waals surface area contributed by atoms with Crippen LogP contribution in [0.15, 0.2) is 36.7 Å². The van der Waals surface area contributed by atoms with E-state index in [0.29, 0.717) is 18.2 Å². The molecule has 0 bridgehead atoms. The topological polar surface area (TPSA) is 79.3 Å². The van der Waals surface area contributed by atoms with Crippen LogP contribution in [-0.2, 0) is 0 Å². The van der Waals surface area contributed by atoms with E-state index < -0.39 is 0 Å². The summed E-state index contributed by atoms with van der Waals surface area (Å²) in [5, 5.41) is 14.9. The number of ether oxygens (including phenoxy) is 1. The molecule has 1 heterocycles. The fourth-order valence-electron chi connectivity index (χ4n) is 1.59. The van der Waals surface area contributed by atoms with Gasteiger partial charge < -0.3 is 20.5 Å². The summed E-state index contributed by atoms with van der Waals surface area (Å²) in [5.74, 6) is 2.05. The molecule has 1 aromatic heterocycles. The molecule has 0 radical (unpaired) electrons. The average molecular weight is 260 g/mol. The monoisotopic (exact) mass is 260 g/mol. The van der Waals surface area contributed by atoms with E-state index in [-0.39, 0.29) is 6.61 Å². The largest absolute Gasteiger partial charge is 0.495 e. The molecule has 6 heteroatoms. The fraction of sp³-hybridized carbons (Fsp3) is 0.231. The van der Waals surface area contributed by atoms with Gasteiger partial charge >= 0.3 is 0 Å². The van der Waals surface area contributed by atoms with E-state index in [9.17, 15) is 0 Å². The zero-order chi connectivity index (χ0) is 13.5. The van der Waals surface area contributed by atoms with Crippen molar-refractivity contribution in [3.63, 3.8) is 0 Å². The minimum atomic E-state index is 0.0548. The van der Waals surface area contributed by atoms with Crippen LogP contribution in [0.1, 0.15) is 0 Å². The van der Waals surface area contributed by atoms with Gasteiger partial charge in [0.2, 0.25) is 0 Å². The maximum atomic E-state index is 8.76. The van der Waals surface area contributed by atoms with E-state index in [1.165, 1.54) is 6.33 Å². The second-order valence-corrected chi connectivity index (χ2v) is 3.76. The lowest BCUT2D eigenvalue weighted by Gasteiger charge is -2.11. The first-order valence-corrected chi connectivity index (χ1v) is 5.90. The van der Waals surface area contributed by atoms with Gasteiger partial charge in [0, 0.05) is 12.6 Å². The molecule has 0 spiro atoms. The third-order valence-corrected chi connectivity index (χ3v) is 2.45. The van der Waals surface area contributed by atoms with Crippen LogP contribution in [0.3, 0.4) is 0 Å². The van der Waals surface area contributed by atoms with Gasteiger partial charge in [0.15, 0.2) is 0 Å². The van der Waals surface area contributed by atoms with E-state index in [1.807, 2.05) is 24.3 Å². The summed E-state index contributed by atoms with van der Waals surface area (Å²) < 4.78 is 5.26. The molecule has 3 N–H and O–H groups in total. The highest BCUT2D eigenvalue weighted by Gasteiger charge is 2.03. The van der Waals surface area contributed by atoms with E-state index in [4.69, 9.17) is 9.84 Å². The Morgan fingerprint density at radius 1 is 1.21 bits per heavy atom. The first-order valence-electron chi connectivity index (χ1n) is 5.90. The lowest BCUT2D eigenvalue weighted by molar-refractivity contribution is 0.311. The van der Waals surface area contributed by atoms with E-state index in [2.05, 4.69) is 20.6 Å². The molecule has 0 aliphatic carbocycles. The number of methoxy groups -OCH3 is 1. The van der Waals surface area contributed by atoms with Gasteiger partial charge in [-0.1, -0.05) is 12.1 Å². The molecule has 0 aliphatic heterocycles. The standard InChI is InChI=1S/C13H16N4O2/c1-19-11-5-3-2-4-10(11)17-13-8-12(14-6-7-18)15-9-16-13/h2-5,8-9,18H,6-7H2,1H3,(H2,14,15,16,17). The SMILES string of the molecule is COc1ccccc1Nc1cc(NCCO)ncn1. The number of aliphatic hydroxyl groups excluding tert-OH is 1. The Balaban J connectivity index is 2.14. The third-order valence-electron chi connectivity index (χ3n) is 2.45. The number of anilines is 3. The summed E-state index contributed by atoms with van der Waals surface area (Å²) in [4.78, 5) is 8.19. The maximum Gasteiger partial charge on any atom is 0.142 e. The summed E-state index contributed by atoms with van der Waals surface area (Å²) in [5.41, 5.74) is 0.830. The number of nitrogens with zero attached hydrogens (tertiary/aromatic N) is 2. The van der Waals surface area contributed by atoms with Gasteiger partial charge in [-0.25, -0.2) is 9.97 Å². The molecule has 0 amide bonds. The van der Waals surface area contributed by atoms with Crippen LogP contribution in [0.25, 0.3) is 0 Å². The summed E-state index contributed by atoms with van der Waals surface area (Å²) in [6, 6.07) is 9.35. The van der Waals surface area contributed by atoms with Crippen LogP contribution in [0.4, 0.5) is 17.3 Å². The molecule has 6 nitrogen and oxygen atoms in total. The molecule has 0 unspecified atom stereocenters. The summed E-state index contributed by atoms with van der Waals surface area (Å²) in [7, 11) is 1.62. The number of rotatable bonds is 6. The maximum absolute atomic E-state index is 8.76.